The fourth-order valence-corrected chi connectivity index (χ4v) is 2.60. The second kappa shape index (κ2) is 7.47. The van der Waals surface area contributed by atoms with Crippen molar-refractivity contribution < 1.29 is 19.0 Å². The van der Waals surface area contributed by atoms with Crippen LogP contribution in [0.25, 0.3) is 0 Å². The molecule has 1 amide bonds. The van der Waals surface area contributed by atoms with E-state index in [9.17, 15) is 4.79 Å². The van der Waals surface area contributed by atoms with Crippen molar-refractivity contribution in [2.75, 3.05) is 13.2 Å². The lowest BCUT2D eigenvalue weighted by atomic mass is 10.1. The molecule has 2 aromatic carbocycles. The Morgan fingerprint density at radius 3 is 2.80 bits per heavy atom. The smallest absolute Gasteiger partial charge is 0.260 e. The number of amides is 1. The molecule has 1 aliphatic heterocycles. The molecule has 25 heavy (non-hydrogen) atoms. The molecule has 1 N–H and O–H groups in total. The van der Waals surface area contributed by atoms with Gasteiger partial charge in [-0.1, -0.05) is 24.3 Å². The minimum atomic E-state index is -0.586. The van der Waals surface area contributed by atoms with Crippen molar-refractivity contribution in [3.05, 3.63) is 53.6 Å². The predicted molar refractivity (Wildman–Crippen MR) is 95.4 cm³/mol. The third kappa shape index (κ3) is 4.24. The Hall–Kier alpha value is -2.69. The first kappa shape index (κ1) is 17.1. The number of fused-ring (bicyclic) bond motifs is 1. The summed E-state index contributed by atoms with van der Waals surface area (Å²) in [5.74, 6) is 1.99. The van der Waals surface area contributed by atoms with Crippen molar-refractivity contribution >= 4 is 5.91 Å². The van der Waals surface area contributed by atoms with E-state index in [-0.39, 0.29) is 12.0 Å². The summed E-state index contributed by atoms with van der Waals surface area (Å²) >= 11 is 0. The van der Waals surface area contributed by atoms with E-state index in [0.29, 0.717) is 18.9 Å². The molecule has 1 heterocycles. The van der Waals surface area contributed by atoms with E-state index in [2.05, 4.69) is 5.32 Å². The van der Waals surface area contributed by atoms with E-state index < -0.39 is 6.10 Å². The molecule has 132 valence electrons. The molecule has 5 nitrogen and oxygen atoms in total. The van der Waals surface area contributed by atoms with E-state index in [1.165, 1.54) is 0 Å². The van der Waals surface area contributed by atoms with Gasteiger partial charge in [-0.25, -0.2) is 0 Å². The molecule has 0 saturated carbocycles. The van der Waals surface area contributed by atoms with Crippen LogP contribution in [0.3, 0.4) is 0 Å². The number of aryl methyl sites for hydroxylation is 2. The van der Waals surface area contributed by atoms with Gasteiger partial charge in [0.05, 0.1) is 6.54 Å². The topological polar surface area (TPSA) is 56.8 Å². The fraction of sp³-hybridized carbons (Fsp3) is 0.350. The summed E-state index contributed by atoms with van der Waals surface area (Å²) in [7, 11) is 0. The molecule has 0 radical (unpaired) electrons. The monoisotopic (exact) mass is 341 g/mol. The van der Waals surface area contributed by atoms with E-state index in [1.54, 1.807) is 6.92 Å². The molecule has 0 fully saturated rings. The lowest BCUT2D eigenvalue weighted by Crippen LogP contribution is -2.44. The van der Waals surface area contributed by atoms with Crippen molar-refractivity contribution in [2.45, 2.75) is 33.0 Å². The average molecular weight is 341 g/mol. The van der Waals surface area contributed by atoms with Crippen LogP contribution < -0.4 is 19.5 Å². The van der Waals surface area contributed by atoms with Crippen molar-refractivity contribution in [2.24, 2.45) is 0 Å². The van der Waals surface area contributed by atoms with Crippen molar-refractivity contribution in [1.82, 2.24) is 5.32 Å². The molecular weight excluding hydrogens is 318 g/mol. The van der Waals surface area contributed by atoms with Crippen molar-refractivity contribution in [1.29, 1.82) is 0 Å². The van der Waals surface area contributed by atoms with Gasteiger partial charge < -0.3 is 19.5 Å². The Morgan fingerprint density at radius 1 is 1.24 bits per heavy atom. The maximum atomic E-state index is 12.3. The maximum Gasteiger partial charge on any atom is 0.260 e. The summed E-state index contributed by atoms with van der Waals surface area (Å²) < 4.78 is 17.3. The first-order valence-corrected chi connectivity index (χ1v) is 8.43. The highest BCUT2D eigenvalue weighted by Crippen LogP contribution is 2.30. The van der Waals surface area contributed by atoms with Crippen molar-refractivity contribution in [3.8, 4) is 17.2 Å². The molecule has 0 aliphatic carbocycles. The third-order valence-electron chi connectivity index (χ3n) is 4.09. The summed E-state index contributed by atoms with van der Waals surface area (Å²) in [5.41, 5.74) is 2.10. The zero-order valence-electron chi connectivity index (χ0n) is 14.7. The number of nitrogens with one attached hydrogen (secondary N) is 1. The Balaban J connectivity index is 1.52. The Kier molecular flexibility index (Phi) is 5.12. The standard InChI is InChI=1S/C20H23NO4/c1-13-8-9-14(2)19(10-13)24-15(3)20(22)21-11-16-12-23-17-6-4-5-7-18(17)25-16/h4-10,15-16H,11-12H2,1-3H3,(H,21,22)/t15-,16-/m1/s1. The lowest BCUT2D eigenvalue weighted by molar-refractivity contribution is -0.127. The van der Waals surface area contributed by atoms with Crippen LogP contribution >= 0.6 is 0 Å². The van der Waals surface area contributed by atoms with E-state index >= 15 is 0 Å². The van der Waals surface area contributed by atoms with Crippen LogP contribution in [0.5, 0.6) is 17.2 Å². The minimum absolute atomic E-state index is 0.177. The zero-order valence-corrected chi connectivity index (χ0v) is 14.7. The molecule has 0 spiro atoms. The number of para-hydroxylation sites is 2. The molecule has 0 aromatic heterocycles. The molecule has 2 aromatic rings. The van der Waals surface area contributed by atoms with E-state index in [1.807, 2.05) is 56.3 Å². The van der Waals surface area contributed by atoms with Gasteiger partial charge >= 0.3 is 0 Å². The molecule has 0 saturated heterocycles. The highest BCUT2D eigenvalue weighted by Gasteiger charge is 2.23. The summed E-state index contributed by atoms with van der Waals surface area (Å²) in [6, 6.07) is 13.5. The molecule has 0 unspecified atom stereocenters. The summed E-state index contributed by atoms with van der Waals surface area (Å²) in [6.07, 6.45) is -0.802. The number of ether oxygens (including phenoxy) is 3. The number of hydrogen-bond donors (Lipinski definition) is 1. The summed E-state index contributed by atoms with van der Waals surface area (Å²) in [5, 5.41) is 2.87. The Morgan fingerprint density at radius 2 is 2.00 bits per heavy atom. The normalized spacial score (nSPS) is 16.8. The largest absolute Gasteiger partial charge is 0.486 e. The highest BCUT2D eigenvalue weighted by molar-refractivity contribution is 5.80. The quantitative estimate of drug-likeness (QED) is 0.908. The van der Waals surface area contributed by atoms with Crippen LogP contribution in [0.15, 0.2) is 42.5 Å². The van der Waals surface area contributed by atoms with Gasteiger partial charge in [-0.3, -0.25) is 4.79 Å². The zero-order chi connectivity index (χ0) is 17.8. The maximum absolute atomic E-state index is 12.3. The van der Waals surface area contributed by atoms with Crippen LogP contribution in [0.4, 0.5) is 0 Å². The van der Waals surface area contributed by atoms with Crippen molar-refractivity contribution in [3.63, 3.8) is 0 Å². The molecule has 3 rings (SSSR count). The highest BCUT2D eigenvalue weighted by atomic mass is 16.6. The number of benzene rings is 2. The molecule has 0 bridgehead atoms. The van der Waals surface area contributed by atoms with Crippen LogP contribution in [-0.4, -0.2) is 31.3 Å². The molecular formula is C20H23NO4. The number of hydrogen-bond acceptors (Lipinski definition) is 4. The second-order valence-electron chi connectivity index (χ2n) is 6.27. The fourth-order valence-electron chi connectivity index (χ4n) is 2.60. The van der Waals surface area contributed by atoms with Crippen LogP contribution in [0.2, 0.25) is 0 Å². The SMILES string of the molecule is Cc1ccc(C)c(O[C@H](C)C(=O)NC[C@@H]2COc3ccccc3O2)c1. The van der Waals surface area contributed by atoms with Gasteiger partial charge in [-0.15, -0.1) is 0 Å². The first-order chi connectivity index (χ1) is 12.0. The van der Waals surface area contributed by atoms with E-state index in [0.717, 1.165) is 22.6 Å². The molecule has 5 heteroatoms. The van der Waals surface area contributed by atoms with Crippen LogP contribution in [0, 0.1) is 13.8 Å². The van der Waals surface area contributed by atoms with Gasteiger partial charge in [0.1, 0.15) is 18.5 Å². The first-order valence-electron chi connectivity index (χ1n) is 8.43. The summed E-state index contributed by atoms with van der Waals surface area (Å²) in [4.78, 5) is 12.3. The van der Waals surface area contributed by atoms with Crippen LogP contribution in [0.1, 0.15) is 18.1 Å². The summed E-state index contributed by atoms with van der Waals surface area (Å²) in [6.45, 7) is 6.47. The number of carbonyl (C=O) groups excluding carboxylic acids is 1. The molecule has 1 aliphatic rings. The Labute approximate surface area is 147 Å². The van der Waals surface area contributed by atoms with Gasteiger partial charge in [-0.2, -0.15) is 0 Å². The molecule has 2 atom stereocenters. The minimum Gasteiger partial charge on any atom is -0.486 e. The van der Waals surface area contributed by atoms with Gasteiger partial charge in [0.2, 0.25) is 0 Å². The second-order valence-corrected chi connectivity index (χ2v) is 6.27. The predicted octanol–water partition coefficient (Wildman–Crippen LogP) is 3.03. The Bertz CT molecular complexity index is 759. The van der Waals surface area contributed by atoms with Crippen LogP contribution in [-0.2, 0) is 4.79 Å². The third-order valence-corrected chi connectivity index (χ3v) is 4.09. The average Bonchev–Trinajstić information content (AvgIpc) is 2.62. The number of carbonyl (C=O) groups is 1. The van der Waals surface area contributed by atoms with E-state index in [4.69, 9.17) is 14.2 Å². The number of rotatable bonds is 5. The van der Waals surface area contributed by atoms with Gasteiger partial charge in [0.25, 0.3) is 5.91 Å². The van der Waals surface area contributed by atoms with Gasteiger partial charge in [0.15, 0.2) is 17.6 Å². The lowest BCUT2D eigenvalue weighted by Gasteiger charge is -2.27. The van der Waals surface area contributed by atoms with Gasteiger partial charge in [-0.05, 0) is 50.1 Å². The van der Waals surface area contributed by atoms with Gasteiger partial charge in [0, 0.05) is 0 Å².